The predicted octanol–water partition coefficient (Wildman–Crippen LogP) is 5.39. The molecule has 128 valence electrons. The summed E-state index contributed by atoms with van der Waals surface area (Å²) < 4.78 is 38.5. The minimum atomic E-state index is -4.90. The molecule has 0 aliphatic carbocycles. The minimum Gasteiger partial charge on any atom is -0.293 e. The van der Waals surface area contributed by atoms with Crippen LogP contribution in [0.4, 0.5) is 24.0 Å². The highest BCUT2D eigenvalue weighted by molar-refractivity contribution is 7.22. The van der Waals surface area contributed by atoms with E-state index in [-0.39, 0.29) is 0 Å². The third-order valence-corrected chi connectivity index (χ3v) is 4.55. The van der Waals surface area contributed by atoms with Crippen LogP contribution in [0.25, 0.3) is 10.2 Å². The molecule has 3 aromatic rings. The molecule has 25 heavy (non-hydrogen) atoms. The third-order valence-electron chi connectivity index (χ3n) is 3.52. The van der Waals surface area contributed by atoms with Gasteiger partial charge in [0, 0.05) is 12.3 Å². The summed E-state index contributed by atoms with van der Waals surface area (Å²) >= 11 is 1.34. The van der Waals surface area contributed by atoms with Crippen molar-refractivity contribution in [2.24, 2.45) is 0 Å². The first kappa shape index (κ1) is 17.2. The number of fused-ring (bicyclic) bond motifs is 1. The van der Waals surface area contributed by atoms with Gasteiger partial charge in [-0.3, -0.25) is 9.69 Å². The van der Waals surface area contributed by atoms with Crippen LogP contribution in [0.15, 0.2) is 60.8 Å². The molecule has 0 N–H and O–H groups in total. The number of carbonyl (C=O) groups excluding carboxylic acids is 1. The number of rotatable bonds is 4. The largest absolute Gasteiger partial charge is 0.454 e. The smallest absolute Gasteiger partial charge is 0.293 e. The Balaban J connectivity index is 2.07. The zero-order valence-corrected chi connectivity index (χ0v) is 13.9. The summed E-state index contributed by atoms with van der Waals surface area (Å²) in [5, 5.41) is 0.488. The van der Waals surface area contributed by atoms with Gasteiger partial charge in [0.15, 0.2) is 5.13 Å². The maximum Gasteiger partial charge on any atom is 0.454 e. The van der Waals surface area contributed by atoms with Crippen LogP contribution in [0, 0.1) is 6.92 Å². The van der Waals surface area contributed by atoms with E-state index in [0.717, 1.165) is 22.0 Å². The predicted molar refractivity (Wildman–Crippen MR) is 93.1 cm³/mol. The van der Waals surface area contributed by atoms with Crippen molar-refractivity contribution in [1.82, 2.24) is 4.98 Å². The monoisotopic (exact) mass is 362 g/mol. The summed E-state index contributed by atoms with van der Waals surface area (Å²) in [6.07, 6.45) is -3.25. The summed E-state index contributed by atoms with van der Waals surface area (Å²) in [6.45, 7) is 1.84. The first-order valence-corrected chi connectivity index (χ1v) is 8.18. The van der Waals surface area contributed by atoms with E-state index in [9.17, 15) is 18.0 Å². The van der Waals surface area contributed by atoms with Gasteiger partial charge < -0.3 is 0 Å². The number of para-hydroxylation sites is 2. The van der Waals surface area contributed by atoms with E-state index in [1.165, 1.54) is 16.2 Å². The second kappa shape index (κ2) is 6.68. The molecule has 0 bridgehead atoms. The lowest BCUT2D eigenvalue weighted by Crippen LogP contribution is -2.21. The number of aromatic nitrogens is 1. The quantitative estimate of drug-likeness (QED) is 0.584. The summed E-state index contributed by atoms with van der Waals surface area (Å²) in [5.74, 6) is -1.91. The van der Waals surface area contributed by atoms with Crippen LogP contribution in [-0.2, 0) is 4.79 Å². The lowest BCUT2D eigenvalue weighted by molar-refractivity contribution is -0.165. The second-order valence-corrected chi connectivity index (χ2v) is 6.31. The normalized spacial score (nSPS) is 12.0. The number of allylic oxidation sites excluding steroid dienone is 1. The van der Waals surface area contributed by atoms with E-state index in [1.807, 2.05) is 43.3 Å². The van der Waals surface area contributed by atoms with Gasteiger partial charge in [0.25, 0.3) is 5.78 Å². The molecule has 0 fully saturated rings. The van der Waals surface area contributed by atoms with Crippen molar-refractivity contribution in [3.05, 3.63) is 66.4 Å². The lowest BCUT2D eigenvalue weighted by atomic mass is 10.2. The lowest BCUT2D eigenvalue weighted by Gasteiger charge is -2.19. The van der Waals surface area contributed by atoms with Gasteiger partial charge in [-0.05, 0) is 30.7 Å². The molecule has 3 rings (SSSR count). The number of anilines is 2. The average molecular weight is 362 g/mol. The molecule has 0 saturated carbocycles. The van der Waals surface area contributed by atoms with Gasteiger partial charge in [0.1, 0.15) is 0 Å². The summed E-state index contributed by atoms with van der Waals surface area (Å²) in [4.78, 5) is 17.2. The van der Waals surface area contributed by atoms with Gasteiger partial charge in [-0.25, -0.2) is 4.98 Å². The zero-order valence-electron chi connectivity index (χ0n) is 13.1. The van der Waals surface area contributed by atoms with Gasteiger partial charge in [0.05, 0.1) is 15.9 Å². The average Bonchev–Trinajstić information content (AvgIpc) is 2.99. The van der Waals surface area contributed by atoms with Crippen molar-refractivity contribution in [2.75, 3.05) is 4.90 Å². The molecule has 0 aliphatic heterocycles. The Kier molecular flexibility index (Phi) is 4.59. The molecule has 3 nitrogen and oxygen atoms in total. The highest BCUT2D eigenvalue weighted by Gasteiger charge is 2.36. The molecule has 0 atom stereocenters. The van der Waals surface area contributed by atoms with Crippen LogP contribution in [0.5, 0.6) is 0 Å². The van der Waals surface area contributed by atoms with E-state index >= 15 is 0 Å². The van der Waals surface area contributed by atoms with Crippen molar-refractivity contribution >= 4 is 38.2 Å². The highest BCUT2D eigenvalue weighted by Crippen LogP contribution is 2.35. The van der Waals surface area contributed by atoms with Crippen molar-refractivity contribution in [1.29, 1.82) is 0 Å². The molecule has 0 saturated heterocycles. The SMILES string of the molecule is Cc1ccccc1N(/C=C/C(=O)C(F)(F)F)c1nc2ccccc2s1. The Hall–Kier alpha value is -2.67. The second-order valence-electron chi connectivity index (χ2n) is 5.30. The Labute approximate surface area is 146 Å². The van der Waals surface area contributed by atoms with E-state index in [1.54, 1.807) is 12.1 Å². The van der Waals surface area contributed by atoms with E-state index in [4.69, 9.17) is 0 Å². The highest BCUT2D eigenvalue weighted by atomic mass is 32.1. The number of alkyl halides is 3. The van der Waals surface area contributed by atoms with Crippen LogP contribution in [0.1, 0.15) is 5.56 Å². The number of ketones is 1. The standard InChI is InChI=1S/C18H13F3N2OS/c1-12-6-2-4-8-14(12)23(11-10-16(24)18(19,20)21)17-22-13-7-3-5-9-15(13)25-17/h2-11H,1H3/b11-10+. The fraction of sp³-hybridized carbons (Fsp3) is 0.111. The number of aryl methyl sites for hydroxylation is 1. The van der Waals surface area contributed by atoms with E-state index in [2.05, 4.69) is 4.98 Å². The molecular weight excluding hydrogens is 349 g/mol. The third kappa shape index (κ3) is 3.71. The Morgan fingerprint density at radius 1 is 1.12 bits per heavy atom. The molecule has 0 amide bonds. The number of halogens is 3. The molecule has 1 aromatic heterocycles. The van der Waals surface area contributed by atoms with Crippen molar-refractivity contribution in [3.8, 4) is 0 Å². The Morgan fingerprint density at radius 3 is 2.48 bits per heavy atom. The Bertz CT molecular complexity index is 914. The van der Waals surface area contributed by atoms with Gasteiger partial charge in [-0.1, -0.05) is 41.7 Å². The number of nitrogens with zero attached hydrogens (tertiary/aromatic N) is 2. The van der Waals surface area contributed by atoms with Crippen LogP contribution >= 0.6 is 11.3 Å². The van der Waals surface area contributed by atoms with Crippen molar-refractivity contribution in [3.63, 3.8) is 0 Å². The Morgan fingerprint density at radius 2 is 1.80 bits per heavy atom. The fourth-order valence-corrected chi connectivity index (χ4v) is 3.24. The first-order chi connectivity index (χ1) is 11.9. The maximum atomic E-state index is 12.5. The van der Waals surface area contributed by atoms with Crippen LogP contribution in [0.2, 0.25) is 0 Å². The van der Waals surface area contributed by atoms with Gasteiger partial charge in [0.2, 0.25) is 0 Å². The minimum absolute atomic E-state index is 0.488. The van der Waals surface area contributed by atoms with Gasteiger partial charge in [-0.15, -0.1) is 0 Å². The van der Waals surface area contributed by atoms with Crippen molar-refractivity contribution < 1.29 is 18.0 Å². The zero-order chi connectivity index (χ0) is 18.0. The molecule has 2 aromatic carbocycles. The summed E-state index contributed by atoms with van der Waals surface area (Å²) in [5.41, 5.74) is 2.26. The molecule has 1 heterocycles. The molecule has 0 spiro atoms. The van der Waals surface area contributed by atoms with Crippen LogP contribution < -0.4 is 4.90 Å². The number of thiazole rings is 1. The number of benzene rings is 2. The van der Waals surface area contributed by atoms with Gasteiger partial charge in [-0.2, -0.15) is 13.2 Å². The fourth-order valence-electron chi connectivity index (χ4n) is 2.28. The molecule has 0 unspecified atom stereocenters. The summed E-state index contributed by atoms with van der Waals surface area (Å²) in [6, 6.07) is 14.6. The first-order valence-electron chi connectivity index (χ1n) is 7.36. The van der Waals surface area contributed by atoms with E-state index in [0.29, 0.717) is 16.9 Å². The topological polar surface area (TPSA) is 33.2 Å². The molecule has 0 aliphatic rings. The molecule has 0 radical (unpaired) electrons. The maximum absolute atomic E-state index is 12.5. The number of hydrogen-bond donors (Lipinski definition) is 0. The van der Waals surface area contributed by atoms with Crippen molar-refractivity contribution in [2.45, 2.75) is 13.1 Å². The van der Waals surface area contributed by atoms with Gasteiger partial charge >= 0.3 is 6.18 Å². The number of carbonyl (C=O) groups is 1. The summed E-state index contributed by atoms with van der Waals surface area (Å²) in [7, 11) is 0. The number of hydrogen-bond acceptors (Lipinski definition) is 4. The molecular formula is C18H13F3N2OS. The van der Waals surface area contributed by atoms with Crippen LogP contribution in [0.3, 0.4) is 0 Å². The van der Waals surface area contributed by atoms with E-state index < -0.39 is 12.0 Å². The van der Waals surface area contributed by atoms with Crippen LogP contribution in [-0.4, -0.2) is 16.9 Å². The molecule has 7 heteroatoms.